The lowest BCUT2D eigenvalue weighted by atomic mass is 10.1. The molecular formula is C21H21NO2S. The van der Waals surface area contributed by atoms with E-state index in [0.29, 0.717) is 6.42 Å². The number of thioether (sulfide) groups is 1. The van der Waals surface area contributed by atoms with Crippen LogP contribution < -0.4 is 4.74 Å². The highest BCUT2D eigenvalue weighted by molar-refractivity contribution is 7.99. The maximum absolute atomic E-state index is 12.5. The van der Waals surface area contributed by atoms with Crippen LogP contribution in [0.2, 0.25) is 0 Å². The number of carbonyl (C=O) groups excluding carboxylic acids is 1. The number of fused-ring (bicyclic) bond motifs is 1. The van der Waals surface area contributed by atoms with Crippen molar-refractivity contribution >= 4 is 23.1 Å². The Labute approximate surface area is 152 Å². The minimum atomic E-state index is 0.190. The average molecular weight is 351 g/mol. The lowest BCUT2D eigenvalue weighted by Gasteiger charge is -2.18. The van der Waals surface area contributed by atoms with Gasteiger partial charge in [-0.15, -0.1) is 11.8 Å². The summed E-state index contributed by atoms with van der Waals surface area (Å²) in [4.78, 5) is 16.0. The van der Waals surface area contributed by atoms with E-state index in [2.05, 4.69) is 35.2 Å². The fourth-order valence-corrected chi connectivity index (χ4v) is 4.07. The smallest absolute Gasteiger partial charge is 0.164 e. The Hall–Kier alpha value is -2.04. The number of nitrogens with zero attached hydrogens (tertiary/aromatic N) is 1. The van der Waals surface area contributed by atoms with Crippen LogP contribution in [0.5, 0.6) is 5.75 Å². The van der Waals surface area contributed by atoms with E-state index < -0.39 is 0 Å². The predicted octanol–water partition coefficient (Wildman–Crippen LogP) is 4.14. The summed E-state index contributed by atoms with van der Waals surface area (Å²) in [7, 11) is 0. The van der Waals surface area contributed by atoms with E-state index in [1.165, 1.54) is 11.1 Å². The average Bonchev–Trinajstić information content (AvgIpc) is 3.15. The second-order valence-corrected chi connectivity index (χ2v) is 7.50. The van der Waals surface area contributed by atoms with Crippen LogP contribution in [0.1, 0.15) is 22.3 Å². The number of Topliss-reactive ketones (excluding diaryl/α,β-unsaturated/α-hetero) is 1. The van der Waals surface area contributed by atoms with Crippen LogP contribution in [-0.2, 0) is 0 Å². The van der Waals surface area contributed by atoms with Crippen molar-refractivity contribution in [3.63, 3.8) is 0 Å². The van der Waals surface area contributed by atoms with Gasteiger partial charge in [0.25, 0.3) is 0 Å². The molecule has 0 unspecified atom stereocenters. The van der Waals surface area contributed by atoms with Crippen molar-refractivity contribution < 1.29 is 9.53 Å². The van der Waals surface area contributed by atoms with Gasteiger partial charge in [-0.1, -0.05) is 42.5 Å². The van der Waals surface area contributed by atoms with Crippen LogP contribution in [0.15, 0.2) is 59.5 Å². The fourth-order valence-electron chi connectivity index (χ4n) is 3.26. The molecule has 0 bridgehead atoms. The minimum absolute atomic E-state index is 0.190. The third kappa shape index (κ3) is 3.80. The Balaban J connectivity index is 1.33. The van der Waals surface area contributed by atoms with E-state index in [1.807, 2.05) is 24.3 Å². The van der Waals surface area contributed by atoms with Crippen molar-refractivity contribution in [1.29, 1.82) is 0 Å². The summed E-state index contributed by atoms with van der Waals surface area (Å²) < 4.78 is 5.66. The van der Waals surface area contributed by atoms with Gasteiger partial charge in [0.15, 0.2) is 5.78 Å². The highest BCUT2D eigenvalue weighted by Gasteiger charge is 2.18. The molecule has 0 aliphatic carbocycles. The summed E-state index contributed by atoms with van der Waals surface area (Å²) in [6.45, 7) is 3.35. The molecule has 0 radical (unpaired) electrons. The zero-order chi connectivity index (χ0) is 17.1. The van der Waals surface area contributed by atoms with Crippen molar-refractivity contribution in [3.05, 3.63) is 65.7 Å². The maximum atomic E-state index is 12.5. The molecule has 0 atom stereocenters. The summed E-state index contributed by atoms with van der Waals surface area (Å²) >= 11 is 1.79. The van der Waals surface area contributed by atoms with Gasteiger partial charge in [0.2, 0.25) is 0 Å². The molecule has 0 fully saturated rings. The molecule has 4 heteroatoms. The first kappa shape index (κ1) is 16.4. The van der Waals surface area contributed by atoms with Gasteiger partial charge >= 0.3 is 0 Å². The van der Waals surface area contributed by atoms with E-state index in [1.54, 1.807) is 11.8 Å². The SMILES string of the molecule is O=C(CCN1CC=C(c2ccccc2)C1)c1ccc2c(c1)OCCS2. The summed E-state index contributed by atoms with van der Waals surface area (Å²) in [5.74, 6) is 2.03. The molecule has 2 aromatic rings. The molecule has 0 amide bonds. The van der Waals surface area contributed by atoms with Crippen LogP contribution in [0.4, 0.5) is 0 Å². The number of carbonyl (C=O) groups is 1. The Bertz CT molecular complexity index is 801. The van der Waals surface area contributed by atoms with Gasteiger partial charge in [0.1, 0.15) is 5.75 Å². The van der Waals surface area contributed by atoms with Crippen LogP contribution in [0.3, 0.4) is 0 Å². The number of hydrogen-bond donors (Lipinski definition) is 0. The molecule has 3 nitrogen and oxygen atoms in total. The normalized spacial score (nSPS) is 16.9. The molecule has 0 saturated heterocycles. The monoisotopic (exact) mass is 351 g/mol. The van der Waals surface area contributed by atoms with Gasteiger partial charge < -0.3 is 4.74 Å². The Morgan fingerprint density at radius 3 is 2.92 bits per heavy atom. The number of benzene rings is 2. The van der Waals surface area contributed by atoms with Crippen LogP contribution in [0, 0.1) is 0 Å². The number of ether oxygens (including phenoxy) is 1. The third-order valence-electron chi connectivity index (χ3n) is 4.65. The molecule has 4 rings (SSSR count). The van der Waals surface area contributed by atoms with Gasteiger partial charge in [-0.3, -0.25) is 9.69 Å². The van der Waals surface area contributed by atoms with Gasteiger partial charge in [0.05, 0.1) is 6.61 Å². The van der Waals surface area contributed by atoms with Crippen molar-refractivity contribution in [2.24, 2.45) is 0 Å². The molecular weight excluding hydrogens is 330 g/mol. The lowest BCUT2D eigenvalue weighted by Crippen LogP contribution is -2.24. The topological polar surface area (TPSA) is 29.5 Å². The highest BCUT2D eigenvalue weighted by atomic mass is 32.2. The first-order valence-corrected chi connectivity index (χ1v) is 9.68. The molecule has 2 heterocycles. The van der Waals surface area contributed by atoms with Crippen LogP contribution in [-0.4, -0.2) is 42.7 Å². The van der Waals surface area contributed by atoms with Crippen molar-refractivity contribution in [2.45, 2.75) is 11.3 Å². The van der Waals surface area contributed by atoms with Crippen molar-refractivity contribution in [1.82, 2.24) is 4.90 Å². The van der Waals surface area contributed by atoms with Gasteiger partial charge in [-0.2, -0.15) is 0 Å². The van der Waals surface area contributed by atoms with Crippen LogP contribution in [0.25, 0.3) is 5.57 Å². The van der Waals surface area contributed by atoms with E-state index in [-0.39, 0.29) is 5.78 Å². The predicted molar refractivity (Wildman–Crippen MR) is 102 cm³/mol. The largest absolute Gasteiger partial charge is 0.492 e. The van der Waals surface area contributed by atoms with E-state index in [4.69, 9.17) is 4.74 Å². The summed E-state index contributed by atoms with van der Waals surface area (Å²) in [5, 5.41) is 0. The van der Waals surface area contributed by atoms with E-state index in [0.717, 1.165) is 48.2 Å². The Morgan fingerprint density at radius 1 is 1.16 bits per heavy atom. The van der Waals surface area contributed by atoms with E-state index in [9.17, 15) is 4.79 Å². The van der Waals surface area contributed by atoms with Crippen LogP contribution >= 0.6 is 11.8 Å². The van der Waals surface area contributed by atoms with Crippen molar-refractivity contribution in [3.8, 4) is 5.75 Å². The molecule has 0 aromatic heterocycles. The maximum Gasteiger partial charge on any atom is 0.164 e. The molecule has 0 saturated carbocycles. The summed E-state index contributed by atoms with van der Waals surface area (Å²) in [6.07, 6.45) is 2.81. The molecule has 128 valence electrons. The third-order valence-corrected chi connectivity index (χ3v) is 5.67. The van der Waals surface area contributed by atoms with Crippen molar-refractivity contribution in [2.75, 3.05) is 32.0 Å². The number of rotatable bonds is 5. The quantitative estimate of drug-likeness (QED) is 0.757. The molecule has 0 spiro atoms. The molecule has 2 aliphatic rings. The van der Waals surface area contributed by atoms with E-state index >= 15 is 0 Å². The van der Waals surface area contributed by atoms with Gasteiger partial charge in [0, 0.05) is 42.3 Å². The minimum Gasteiger partial charge on any atom is -0.492 e. The summed E-state index contributed by atoms with van der Waals surface area (Å²) in [5.41, 5.74) is 3.39. The zero-order valence-corrected chi connectivity index (χ0v) is 14.9. The summed E-state index contributed by atoms with van der Waals surface area (Å²) in [6, 6.07) is 16.3. The van der Waals surface area contributed by atoms with Gasteiger partial charge in [-0.05, 0) is 23.3 Å². The Morgan fingerprint density at radius 2 is 2.04 bits per heavy atom. The standard InChI is InChI=1S/C21H21NO2S/c23-19(17-6-7-21-20(14-17)24-12-13-25-21)9-11-22-10-8-18(15-22)16-4-2-1-3-5-16/h1-8,14H,9-13,15H2. The number of ketones is 1. The number of hydrogen-bond acceptors (Lipinski definition) is 4. The molecule has 2 aliphatic heterocycles. The molecule has 2 aromatic carbocycles. The lowest BCUT2D eigenvalue weighted by molar-refractivity contribution is 0.0969. The second-order valence-electron chi connectivity index (χ2n) is 6.36. The Kier molecular flexibility index (Phi) is 4.90. The molecule has 25 heavy (non-hydrogen) atoms. The second kappa shape index (κ2) is 7.46. The first-order chi connectivity index (χ1) is 12.3. The fraction of sp³-hybridized carbons (Fsp3) is 0.286. The zero-order valence-electron chi connectivity index (χ0n) is 14.1. The highest BCUT2D eigenvalue weighted by Crippen LogP contribution is 2.34. The molecule has 0 N–H and O–H groups in total. The first-order valence-electron chi connectivity index (χ1n) is 8.69. The van der Waals surface area contributed by atoms with Gasteiger partial charge in [-0.25, -0.2) is 0 Å².